The maximum Gasteiger partial charge on any atom is 0.292 e. The van der Waals surface area contributed by atoms with Gasteiger partial charge in [-0.25, -0.2) is 0 Å². The molecule has 1 saturated heterocycles. The standard InChI is InChI=1S/C23H22N4O5/c28-23-18-5-1-2-6-19(18)24-22(26(23)15-17-4-3-11-32-17)16-7-8-20(21(14-16)27(29)30)25-9-12-31-13-10-25/h1-8,11,14,22,24H,9-10,12-13,15H2. The fraction of sp³-hybridized carbons (Fsp3) is 0.261. The number of fused-ring (bicyclic) bond motifs is 1. The summed E-state index contributed by atoms with van der Waals surface area (Å²) in [6.45, 7) is 2.49. The molecule has 9 heteroatoms. The molecule has 2 aromatic carbocycles. The Balaban J connectivity index is 1.55. The first-order valence-electron chi connectivity index (χ1n) is 10.4. The van der Waals surface area contributed by atoms with Crippen LogP contribution in [0.5, 0.6) is 0 Å². The molecule has 0 radical (unpaired) electrons. The van der Waals surface area contributed by atoms with E-state index in [9.17, 15) is 14.9 Å². The number of carbonyl (C=O) groups excluding carboxylic acids is 1. The van der Waals surface area contributed by atoms with Crippen molar-refractivity contribution in [3.8, 4) is 0 Å². The first kappa shape index (κ1) is 20.1. The van der Waals surface area contributed by atoms with E-state index < -0.39 is 6.17 Å². The van der Waals surface area contributed by atoms with Gasteiger partial charge in [-0.15, -0.1) is 0 Å². The Bertz CT molecular complexity index is 1140. The van der Waals surface area contributed by atoms with E-state index in [-0.39, 0.29) is 23.1 Å². The molecule has 2 aliphatic rings. The molecule has 1 unspecified atom stereocenters. The van der Waals surface area contributed by atoms with Gasteiger partial charge in [0.1, 0.15) is 17.6 Å². The van der Waals surface area contributed by atoms with Crippen LogP contribution in [0.1, 0.15) is 27.8 Å². The summed E-state index contributed by atoms with van der Waals surface area (Å²) in [5, 5.41) is 15.3. The van der Waals surface area contributed by atoms with Crippen LogP contribution in [0.15, 0.2) is 65.3 Å². The molecule has 3 aromatic rings. The van der Waals surface area contributed by atoms with Gasteiger partial charge in [0.2, 0.25) is 0 Å². The smallest absolute Gasteiger partial charge is 0.292 e. The van der Waals surface area contributed by atoms with Gasteiger partial charge in [-0.3, -0.25) is 14.9 Å². The van der Waals surface area contributed by atoms with Crippen LogP contribution >= 0.6 is 0 Å². The second-order valence-corrected chi connectivity index (χ2v) is 7.71. The van der Waals surface area contributed by atoms with E-state index in [2.05, 4.69) is 5.32 Å². The number of amides is 1. The molecular formula is C23H22N4O5. The number of hydrogen-bond acceptors (Lipinski definition) is 7. The number of rotatable bonds is 5. The number of benzene rings is 2. The van der Waals surface area contributed by atoms with Crippen molar-refractivity contribution in [2.45, 2.75) is 12.7 Å². The lowest BCUT2D eigenvalue weighted by molar-refractivity contribution is -0.384. The fourth-order valence-electron chi connectivity index (χ4n) is 4.22. The summed E-state index contributed by atoms with van der Waals surface area (Å²) in [5.41, 5.74) is 2.44. The number of anilines is 2. The first-order valence-corrected chi connectivity index (χ1v) is 10.4. The van der Waals surface area contributed by atoms with E-state index in [1.54, 1.807) is 41.5 Å². The van der Waals surface area contributed by atoms with Gasteiger partial charge in [0.15, 0.2) is 0 Å². The van der Waals surface area contributed by atoms with Gasteiger partial charge in [0.25, 0.3) is 11.6 Å². The van der Waals surface area contributed by atoms with Crippen molar-refractivity contribution in [2.24, 2.45) is 0 Å². The minimum Gasteiger partial charge on any atom is -0.467 e. The van der Waals surface area contributed by atoms with Crippen LogP contribution < -0.4 is 10.2 Å². The molecule has 0 spiro atoms. The third-order valence-corrected chi connectivity index (χ3v) is 5.79. The Hall–Kier alpha value is -3.85. The second-order valence-electron chi connectivity index (χ2n) is 7.71. The summed E-state index contributed by atoms with van der Waals surface area (Å²) in [6.07, 6.45) is 0.974. The van der Waals surface area contributed by atoms with Crippen molar-refractivity contribution < 1.29 is 18.9 Å². The molecule has 5 rings (SSSR count). The predicted octanol–water partition coefficient (Wildman–Crippen LogP) is 3.79. The number of furan rings is 1. The number of morpholine rings is 1. The molecule has 0 saturated carbocycles. The molecule has 0 aliphatic carbocycles. The summed E-state index contributed by atoms with van der Waals surface area (Å²) in [5.74, 6) is 0.463. The number of ether oxygens (including phenoxy) is 1. The Morgan fingerprint density at radius 2 is 1.91 bits per heavy atom. The van der Waals surface area contributed by atoms with Gasteiger partial charge in [-0.2, -0.15) is 0 Å². The molecule has 32 heavy (non-hydrogen) atoms. The fourth-order valence-corrected chi connectivity index (χ4v) is 4.22. The Morgan fingerprint density at radius 3 is 2.66 bits per heavy atom. The molecule has 3 heterocycles. The molecule has 1 N–H and O–H groups in total. The van der Waals surface area contributed by atoms with Crippen LogP contribution in [0.2, 0.25) is 0 Å². The summed E-state index contributed by atoms with van der Waals surface area (Å²) in [7, 11) is 0. The van der Waals surface area contributed by atoms with Gasteiger partial charge < -0.3 is 24.3 Å². The number of nitro benzene ring substituents is 1. The van der Waals surface area contributed by atoms with E-state index in [1.807, 2.05) is 29.2 Å². The van der Waals surface area contributed by atoms with Crippen LogP contribution in [-0.4, -0.2) is 42.0 Å². The van der Waals surface area contributed by atoms with Crippen LogP contribution in [0.3, 0.4) is 0 Å². The van der Waals surface area contributed by atoms with Crippen LogP contribution in [-0.2, 0) is 11.3 Å². The van der Waals surface area contributed by atoms with Gasteiger partial charge in [-0.1, -0.05) is 18.2 Å². The van der Waals surface area contributed by atoms with Gasteiger partial charge >= 0.3 is 0 Å². The minimum atomic E-state index is -0.583. The summed E-state index contributed by atoms with van der Waals surface area (Å²) in [4.78, 5) is 28.5. The van der Waals surface area contributed by atoms with Crippen LogP contribution in [0, 0.1) is 10.1 Å². The average Bonchev–Trinajstić information content (AvgIpc) is 3.34. The number of carbonyl (C=O) groups is 1. The summed E-state index contributed by atoms with van der Waals surface area (Å²) >= 11 is 0. The quantitative estimate of drug-likeness (QED) is 0.482. The molecule has 0 bridgehead atoms. The minimum absolute atomic E-state index is 0.00968. The molecule has 1 amide bonds. The Labute approximate surface area is 184 Å². The van der Waals surface area contributed by atoms with Crippen molar-refractivity contribution >= 4 is 23.0 Å². The van der Waals surface area contributed by atoms with E-state index in [0.29, 0.717) is 54.6 Å². The highest BCUT2D eigenvalue weighted by Crippen LogP contribution is 2.38. The monoisotopic (exact) mass is 434 g/mol. The lowest BCUT2D eigenvalue weighted by atomic mass is 10.0. The molecule has 9 nitrogen and oxygen atoms in total. The zero-order valence-electron chi connectivity index (χ0n) is 17.3. The molecule has 1 fully saturated rings. The molecular weight excluding hydrogens is 412 g/mol. The van der Waals surface area contributed by atoms with E-state index in [1.165, 1.54) is 0 Å². The lowest BCUT2D eigenvalue weighted by Crippen LogP contribution is -2.42. The Kier molecular flexibility index (Phi) is 5.24. The maximum atomic E-state index is 13.3. The molecule has 2 aliphatic heterocycles. The highest BCUT2D eigenvalue weighted by atomic mass is 16.6. The first-order chi connectivity index (χ1) is 15.6. The SMILES string of the molecule is O=C1c2ccccc2NC(c2ccc(N3CCOCC3)c([N+](=O)[O-])c2)N1Cc1ccco1. The number of nitrogens with zero attached hydrogens (tertiary/aromatic N) is 3. The number of nitro groups is 1. The van der Waals surface area contributed by atoms with E-state index in [0.717, 1.165) is 0 Å². The molecule has 1 atom stereocenters. The zero-order valence-corrected chi connectivity index (χ0v) is 17.3. The van der Waals surface area contributed by atoms with E-state index in [4.69, 9.17) is 9.15 Å². The van der Waals surface area contributed by atoms with Crippen molar-refractivity contribution in [1.29, 1.82) is 0 Å². The van der Waals surface area contributed by atoms with Crippen molar-refractivity contribution in [3.63, 3.8) is 0 Å². The van der Waals surface area contributed by atoms with Crippen LogP contribution in [0.25, 0.3) is 0 Å². The number of nitrogens with one attached hydrogen (secondary N) is 1. The van der Waals surface area contributed by atoms with Gasteiger partial charge in [0.05, 0.1) is 36.5 Å². The number of para-hydroxylation sites is 1. The Morgan fingerprint density at radius 1 is 1.09 bits per heavy atom. The predicted molar refractivity (Wildman–Crippen MR) is 118 cm³/mol. The topological polar surface area (TPSA) is 101 Å². The summed E-state index contributed by atoms with van der Waals surface area (Å²) in [6, 6.07) is 16.0. The van der Waals surface area contributed by atoms with Gasteiger partial charge in [-0.05, 0) is 30.3 Å². The average molecular weight is 434 g/mol. The molecule has 1 aromatic heterocycles. The van der Waals surface area contributed by atoms with Crippen molar-refractivity contribution in [3.05, 3.63) is 87.9 Å². The van der Waals surface area contributed by atoms with Gasteiger partial charge in [0, 0.05) is 30.4 Å². The largest absolute Gasteiger partial charge is 0.467 e. The van der Waals surface area contributed by atoms with Crippen molar-refractivity contribution in [1.82, 2.24) is 4.90 Å². The normalized spacial score (nSPS) is 18.2. The maximum absolute atomic E-state index is 13.3. The molecule has 164 valence electrons. The van der Waals surface area contributed by atoms with E-state index >= 15 is 0 Å². The zero-order chi connectivity index (χ0) is 22.1. The summed E-state index contributed by atoms with van der Waals surface area (Å²) < 4.78 is 10.8. The second kappa shape index (κ2) is 8.35. The highest BCUT2D eigenvalue weighted by molar-refractivity contribution is 6.01. The third-order valence-electron chi connectivity index (χ3n) is 5.79. The number of hydrogen-bond donors (Lipinski definition) is 1. The third kappa shape index (κ3) is 3.67. The van der Waals surface area contributed by atoms with Crippen LogP contribution in [0.4, 0.5) is 17.1 Å². The lowest BCUT2D eigenvalue weighted by Gasteiger charge is -2.38. The highest BCUT2D eigenvalue weighted by Gasteiger charge is 2.35. The van der Waals surface area contributed by atoms with Crippen molar-refractivity contribution in [2.75, 3.05) is 36.5 Å².